The zero-order chi connectivity index (χ0) is 14.3. The first-order chi connectivity index (χ1) is 9.12. The van der Waals surface area contributed by atoms with Crippen molar-refractivity contribution in [3.63, 3.8) is 0 Å². The van der Waals surface area contributed by atoms with Crippen LogP contribution in [-0.2, 0) is 16.1 Å². The lowest BCUT2D eigenvalue weighted by molar-refractivity contribution is -0.131. The van der Waals surface area contributed by atoms with Crippen molar-refractivity contribution < 1.29 is 14.3 Å². The molecule has 0 aromatic heterocycles. The number of ether oxygens (including phenoxy) is 1. The van der Waals surface area contributed by atoms with Gasteiger partial charge in [-0.15, -0.1) is 0 Å². The number of hydrogen-bond donors (Lipinski definition) is 2. The molecule has 0 heterocycles. The van der Waals surface area contributed by atoms with Crippen LogP contribution in [0.5, 0.6) is 0 Å². The predicted molar refractivity (Wildman–Crippen MR) is 72.8 cm³/mol. The molecule has 1 rings (SSSR count). The highest BCUT2D eigenvalue weighted by Gasteiger charge is 2.14. The van der Waals surface area contributed by atoms with Gasteiger partial charge in [-0.1, -0.05) is 19.1 Å². The molecule has 0 aliphatic rings. The van der Waals surface area contributed by atoms with E-state index in [1.165, 1.54) is 7.11 Å². The van der Waals surface area contributed by atoms with Gasteiger partial charge in [0.1, 0.15) is 6.10 Å². The minimum Gasteiger partial charge on any atom is -0.372 e. The van der Waals surface area contributed by atoms with Crippen LogP contribution >= 0.6 is 0 Å². The van der Waals surface area contributed by atoms with Crippen molar-refractivity contribution in [1.82, 2.24) is 10.6 Å². The second kappa shape index (κ2) is 7.53. The van der Waals surface area contributed by atoms with E-state index in [0.717, 1.165) is 5.56 Å². The summed E-state index contributed by atoms with van der Waals surface area (Å²) in [6.45, 7) is 2.27. The Hall–Kier alpha value is -1.88. The minimum atomic E-state index is -0.429. The summed E-state index contributed by atoms with van der Waals surface area (Å²) in [7, 11) is 3.10. The first kappa shape index (κ1) is 15.2. The van der Waals surface area contributed by atoms with Crippen molar-refractivity contribution in [2.45, 2.75) is 26.0 Å². The van der Waals surface area contributed by atoms with Crippen molar-refractivity contribution in [1.29, 1.82) is 0 Å². The molecule has 0 aliphatic carbocycles. The van der Waals surface area contributed by atoms with Crippen molar-refractivity contribution in [3.05, 3.63) is 35.4 Å². The third-order valence-electron chi connectivity index (χ3n) is 2.83. The van der Waals surface area contributed by atoms with Gasteiger partial charge in [0.05, 0.1) is 0 Å². The maximum absolute atomic E-state index is 11.7. The van der Waals surface area contributed by atoms with E-state index >= 15 is 0 Å². The van der Waals surface area contributed by atoms with E-state index in [4.69, 9.17) is 4.74 Å². The molecule has 0 fully saturated rings. The summed E-state index contributed by atoms with van der Waals surface area (Å²) < 4.78 is 5.05. The molecule has 0 radical (unpaired) electrons. The largest absolute Gasteiger partial charge is 0.372 e. The Balaban J connectivity index is 2.63. The van der Waals surface area contributed by atoms with Crippen LogP contribution in [-0.4, -0.2) is 32.1 Å². The molecule has 1 aromatic carbocycles. The van der Waals surface area contributed by atoms with Crippen LogP contribution in [0, 0.1) is 0 Å². The number of amides is 2. The molecule has 19 heavy (non-hydrogen) atoms. The first-order valence-corrected chi connectivity index (χ1v) is 6.23. The van der Waals surface area contributed by atoms with Gasteiger partial charge in [-0.2, -0.15) is 0 Å². The number of methoxy groups -OCH3 is 1. The maximum atomic E-state index is 11.7. The van der Waals surface area contributed by atoms with Gasteiger partial charge in [0, 0.05) is 26.3 Å². The topological polar surface area (TPSA) is 67.4 Å². The minimum absolute atomic E-state index is 0.142. The van der Waals surface area contributed by atoms with E-state index in [9.17, 15) is 9.59 Å². The summed E-state index contributed by atoms with van der Waals surface area (Å²) in [6, 6.07) is 7.14. The summed E-state index contributed by atoms with van der Waals surface area (Å²) in [5, 5.41) is 5.35. The average molecular weight is 264 g/mol. The lowest BCUT2D eigenvalue weighted by atomic mass is 10.1. The molecule has 1 atom stereocenters. The van der Waals surface area contributed by atoms with Crippen molar-refractivity contribution in [2.75, 3.05) is 14.2 Å². The molecule has 5 heteroatoms. The van der Waals surface area contributed by atoms with Crippen LogP contribution < -0.4 is 10.6 Å². The van der Waals surface area contributed by atoms with Gasteiger partial charge < -0.3 is 15.4 Å². The van der Waals surface area contributed by atoms with E-state index in [1.807, 2.05) is 13.0 Å². The smallest absolute Gasteiger partial charge is 0.251 e. The van der Waals surface area contributed by atoms with Crippen LogP contribution in [0.1, 0.15) is 29.3 Å². The number of hydrogen-bond acceptors (Lipinski definition) is 3. The fraction of sp³-hybridized carbons (Fsp3) is 0.429. The van der Waals surface area contributed by atoms with Crippen LogP contribution in [0.25, 0.3) is 0 Å². The number of nitrogens with one attached hydrogen (secondary N) is 2. The van der Waals surface area contributed by atoms with Crippen LogP contribution in [0.2, 0.25) is 0 Å². The summed E-state index contributed by atoms with van der Waals surface area (Å²) >= 11 is 0. The fourth-order valence-electron chi connectivity index (χ4n) is 1.73. The Labute approximate surface area is 113 Å². The van der Waals surface area contributed by atoms with Crippen molar-refractivity contribution >= 4 is 11.8 Å². The molecular formula is C14H20N2O3. The number of benzene rings is 1. The predicted octanol–water partition coefficient (Wildman–Crippen LogP) is 1.09. The molecule has 0 unspecified atom stereocenters. The maximum Gasteiger partial charge on any atom is 0.251 e. The molecule has 2 amide bonds. The molecule has 5 nitrogen and oxygen atoms in total. The molecule has 2 N–H and O–H groups in total. The quantitative estimate of drug-likeness (QED) is 0.808. The average Bonchev–Trinajstić information content (AvgIpc) is 2.45. The van der Waals surface area contributed by atoms with Crippen molar-refractivity contribution in [2.24, 2.45) is 0 Å². The lowest BCUT2D eigenvalue weighted by Crippen LogP contribution is -2.35. The van der Waals surface area contributed by atoms with Crippen molar-refractivity contribution in [3.8, 4) is 0 Å². The van der Waals surface area contributed by atoms with Gasteiger partial charge in [0.25, 0.3) is 5.91 Å². The Morgan fingerprint density at radius 3 is 2.68 bits per heavy atom. The molecule has 1 aromatic rings. The van der Waals surface area contributed by atoms with Gasteiger partial charge in [0.2, 0.25) is 5.91 Å². The van der Waals surface area contributed by atoms with Crippen LogP contribution in [0.15, 0.2) is 24.3 Å². The number of rotatable bonds is 6. The Morgan fingerprint density at radius 1 is 1.37 bits per heavy atom. The molecule has 0 aliphatic heterocycles. The highest BCUT2D eigenvalue weighted by molar-refractivity contribution is 5.94. The Kier molecular flexibility index (Phi) is 6.02. The summed E-state index contributed by atoms with van der Waals surface area (Å²) in [4.78, 5) is 23.2. The SMILES string of the molecule is CC[C@H](OC)C(=O)NCc1cccc(C(=O)NC)c1. The van der Waals surface area contributed by atoms with Gasteiger partial charge in [-0.25, -0.2) is 0 Å². The lowest BCUT2D eigenvalue weighted by Gasteiger charge is -2.13. The van der Waals surface area contributed by atoms with Gasteiger partial charge in [-0.05, 0) is 24.1 Å². The van der Waals surface area contributed by atoms with Gasteiger partial charge in [0.15, 0.2) is 0 Å². The Bertz CT molecular complexity index is 442. The number of carbonyl (C=O) groups excluding carboxylic acids is 2. The van der Waals surface area contributed by atoms with E-state index in [0.29, 0.717) is 18.5 Å². The molecular weight excluding hydrogens is 244 g/mol. The third kappa shape index (κ3) is 4.37. The van der Waals surface area contributed by atoms with E-state index < -0.39 is 6.10 Å². The van der Waals surface area contributed by atoms with Gasteiger partial charge >= 0.3 is 0 Å². The monoisotopic (exact) mass is 264 g/mol. The second-order valence-electron chi connectivity index (χ2n) is 4.13. The standard InChI is InChI=1S/C14H20N2O3/c1-4-12(19-3)14(18)16-9-10-6-5-7-11(8-10)13(17)15-2/h5-8,12H,4,9H2,1-3H3,(H,15,17)(H,16,18)/t12-/m0/s1. The summed E-state index contributed by atoms with van der Waals surface area (Å²) in [6.07, 6.45) is 0.197. The fourth-order valence-corrected chi connectivity index (χ4v) is 1.73. The van der Waals surface area contributed by atoms with E-state index in [1.54, 1.807) is 25.2 Å². The zero-order valence-corrected chi connectivity index (χ0v) is 11.5. The van der Waals surface area contributed by atoms with Crippen LogP contribution in [0.3, 0.4) is 0 Å². The Morgan fingerprint density at radius 2 is 2.11 bits per heavy atom. The van der Waals surface area contributed by atoms with Crippen LogP contribution in [0.4, 0.5) is 0 Å². The normalized spacial score (nSPS) is 11.7. The molecule has 0 bridgehead atoms. The second-order valence-corrected chi connectivity index (χ2v) is 4.13. The molecule has 104 valence electrons. The van der Waals surface area contributed by atoms with E-state index in [2.05, 4.69) is 10.6 Å². The molecule has 0 saturated heterocycles. The van der Waals surface area contributed by atoms with Gasteiger partial charge in [-0.3, -0.25) is 9.59 Å². The summed E-state index contributed by atoms with van der Waals surface area (Å²) in [5.74, 6) is -0.285. The zero-order valence-electron chi connectivity index (χ0n) is 11.5. The molecule has 0 spiro atoms. The first-order valence-electron chi connectivity index (χ1n) is 6.23. The van der Waals surface area contributed by atoms with E-state index in [-0.39, 0.29) is 11.8 Å². The number of carbonyl (C=O) groups is 2. The highest BCUT2D eigenvalue weighted by Crippen LogP contribution is 2.05. The summed E-state index contributed by atoms with van der Waals surface area (Å²) in [5.41, 5.74) is 1.45. The molecule has 0 saturated carbocycles. The highest BCUT2D eigenvalue weighted by atomic mass is 16.5. The third-order valence-corrected chi connectivity index (χ3v) is 2.83.